The Morgan fingerprint density at radius 2 is 0.984 bits per heavy atom. The van der Waals surface area contributed by atoms with E-state index in [1.165, 1.54) is 96.3 Å². The summed E-state index contributed by atoms with van der Waals surface area (Å²) in [7, 11) is 1.25. The lowest BCUT2D eigenvalue weighted by molar-refractivity contribution is -0.870. The number of carbonyl (C=O) groups is 1. The van der Waals surface area contributed by atoms with Crippen molar-refractivity contribution in [1.29, 1.82) is 0 Å². The molecule has 0 radical (unpaired) electrons. The van der Waals surface area contributed by atoms with E-state index in [2.05, 4.69) is 92.1 Å². The molecular weight excluding hydrogens is 792 g/mol. The van der Waals surface area contributed by atoms with E-state index in [0.29, 0.717) is 17.4 Å². The monoisotopic (exact) mass is 887 g/mol. The highest BCUT2D eigenvalue weighted by Gasteiger charge is 2.23. The van der Waals surface area contributed by atoms with Crippen molar-refractivity contribution >= 4 is 13.7 Å². The van der Waals surface area contributed by atoms with E-state index in [9.17, 15) is 19.4 Å². The summed E-state index contributed by atoms with van der Waals surface area (Å²) in [4.78, 5) is 25.2. The molecule has 0 saturated heterocycles. The van der Waals surface area contributed by atoms with Gasteiger partial charge >= 0.3 is 0 Å². The van der Waals surface area contributed by atoms with Gasteiger partial charge in [0.1, 0.15) is 13.2 Å². The van der Waals surface area contributed by atoms with Crippen LogP contribution in [0.15, 0.2) is 85.1 Å². The number of amides is 1. The maximum absolute atomic E-state index is 12.8. The largest absolute Gasteiger partial charge is 0.756 e. The Hall–Kier alpha value is -2.32. The molecule has 0 aliphatic rings. The third kappa shape index (κ3) is 45.7. The molecule has 3 atom stereocenters. The molecular formula is C53H95N2O6P. The Labute approximate surface area is 382 Å². The number of phosphoric acid groups is 1. The number of quaternary nitrogens is 1. The Morgan fingerprint density at radius 1 is 0.581 bits per heavy atom. The molecule has 0 saturated carbocycles. The van der Waals surface area contributed by atoms with Gasteiger partial charge in [0.05, 0.1) is 39.9 Å². The first-order chi connectivity index (χ1) is 30.0. The Kier molecular flexibility index (Phi) is 42.3. The van der Waals surface area contributed by atoms with Crippen LogP contribution in [0, 0.1) is 0 Å². The predicted octanol–water partition coefficient (Wildman–Crippen LogP) is 13.9. The van der Waals surface area contributed by atoms with Crippen molar-refractivity contribution in [2.75, 3.05) is 40.9 Å². The summed E-state index contributed by atoms with van der Waals surface area (Å²) < 4.78 is 23.1. The zero-order chi connectivity index (χ0) is 45.7. The third-order valence-electron chi connectivity index (χ3n) is 10.6. The van der Waals surface area contributed by atoms with Crippen LogP contribution in [0.1, 0.15) is 194 Å². The molecule has 0 aliphatic carbocycles. The van der Waals surface area contributed by atoms with Gasteiger partial charge in [-0.05, 0) is 70.6 Å². The standard InChI is InChI=1S/C53H95N2O6P/c1-6-8-10-12-14-15-16-17-18-19-20-21-22-23-24-25-26-27-28-29-30-31-32-33-34-35-36-37-38-39-41-43-45-47-53(57)54-51(52(56)46-44-42-40-13-11-9-7-2)50-61-62(58,59)60-49-48-55(3,4)5/h8,10,14-15,17-18,20-21,23-24,26-27,44,46,51-52,56H,6-7,9,11-13,16,19,22,25,28-43,45,47-50H2,1-5H3,(H-,54,57,58,59)/b10-8-,15-14-,18-17-,21-20-,24-23-,27-26-,46-44+. The first-order valence-corrected chi connectivity index (χ1v) is 26.4. The molecule has 0 aliphatic heterocycles. The van der Waals surface area contributed by atoms with Crippen LogP contribution >= 0.6 is 7.82 Å². The average Bonchev–Trinajstić information content (AvgIpc) is 3.23. The van der Waals surface area contributed by atoms with Crippen molar-refractivity contribution in [1.82, 2.24) is 5.32 Å². The van der Waals surface area contributed by atoms with Gasteiger partial charge in [0.15, 0.2) is 0 Å². The zero-order valence-corrected chi connectivity index (χ0v) is 41.4. The van der Waals surface area contributed by atoms with Gasteiger partial charge in [-0.25, -0.2) is 0 Å². The van der Waals surface area contributed by atoms with Crippen LogP contribution in [0.2, 0.25) is 0 Å². The first kappa shape index (κ1) is 59.7. The number of phosphoric ester groups is 1. The van der Waals surface area contributed by atoms with Gasteiger partial charge < -0.3 is 28.8 Å². The minimum Gasteiger partial charge on any atom is -0.756 e. The van der Waals surface area contributed by atoms with Crippen LogP contribution < -0.4 is 10.2 Å². The van der Waals surface area contributed by atoms with Gasteiger partial charge in [-0.2, -0.15) is 0 Å². The van der Waals surface area contributed by atoms with E-state index in [-0.39, 0.29) is 19.1 Å². The van der Waals surface area contributed by atoms with Crippen molar-refractivity contribution in [3.05, 3.63) is 85.1 Å². The molecule has 0 fully saturated rings. The molecule has 2 N–H and O–H groups in total. The molecule has 1 amide bonds. The molecule has 0 heterocycles. The second kappa shape index (κ2) is 43.9. The second-order valence-electron chi connectivity index (χ2n) is 17.8. The third-order valence-corrected chi connectivity index (χ3v) is 11.6. The van der Waals surface area contributed by atoms with Crippen molar-refractivity contribution in [2.24, 2.45) is 0 Å². The number of nitrogens with zero attached hydrogens (tertiary/aromatic N) is 1. The molecule has 358 valence electrons. The average molecular weight is 887 g/mol. The first-order valence-electron chi connectivity index (χ1n) is 24.9. The fraction of sp³-hybridized carbons (Fsp3) is 0.717. The number of rotatable bonds is 44. The molecule has 0 bridgehead atoms. The number of nitrogens with one attached hydrogen (secondary N) is 1. The Balaban J connectivity index is 3.97. The maximum atomic E-state index is 12.8. The van der Waals surface area contributed by atoms with Gasteiger partial charge in [-0.15, -0.1) is 0 Å². The quantitative estimate of drug-likeness (QED) is 0.0273. The molecule has 0 spiro atoms. The smallest absolute Gasteiger partial charge is 0.268 e. The Bertz CT molecular complexity index is 1280. The van der Waals surface area contributed by atoms with Crippen molar-refractivity contribution in [3.8, 4) is 0 Å². The van der Waals surface area contributed by atoms with E-state index < -0.39 is 20.0 Å². The van der Waals surface area contributed by atoms with Crippen LogP contribution in [0.25, 0.3) is 0 Å². The summed E-state index contributed by atoms with van der Waals surface area (Å²) in [6.07, 6.45) is 61.0. The van der Waals surface area contributed by atoms with E-state index in [1.807, 2.05) is 27.2 Å². The number of aliphatic hydroxyl groups is 1. The molecule has 0 aromatic heterocycles. The van der Waals surface area contributed by atoms with Crippen molar-refractivity contribution in [3.63, 3.8) is 0 Å². The normalized spacial score (nSPS) is 14.9. The van der Waals surface area contributed by atoms with Crippen LogP contribution in [0.5, 0.6) is 0 Å². The van der Waals surface area contributed by atoms with E-state index in [1.54, 1.807) is 6.08 Å². The Morgan fingerprint density at radius 3 is 1.44 bits per heavy atom. The molecule has 9 heteroatoms. The summed E-state index contributed by atoms with van der Waals surface area (Å²) in [5.74, 6) is -0.206. The van der Waals surface area contributed by atoms with Gasteiger partial charge in [0.2, 0.25) is 5.91 Å². The fourth-order valence-corrected chi connectivity index (χ4v) is 7.41. The fourth-order valence-electron chi connectivity index (χ4n) is 6.68. The molecule has 3 unspecified atom stereocenters. The topological polar surface area (TPSA) is 108 Å². The molecule has 0 aromatic rings. The van der Waals surface area contributed by atoms with E-state index >= 15 is 0 Å². The number of carbonyl (C=O) groups excluding carboxylic acids is 1. The van der Waals surface area contributed by atoms with Crippen molar-refractivity contribution < 1.29 is 32.9 Å². The van der Waals surface area contributed by atoms with Gasteiger partial charge in [0, 0.05) is 6.42 Å². The van der Waals surface area contributed by atoms with Gasteiger partial charge in [-0.3, -0.25) is 9.36 Å². The van der Waals surface area contributed by atoms with E-state index in [0.717, 1.165) is 77.0 Å². The molecule has 0 aromatic carbocycles. The lowest BCUT2D eigenvalue weighted by Crippen LogP contribution is -2.45. The summed E-state index contributed by atoms with van der Waals surface area (Å²) in [6, 6.07) is -0.887. The zero-order valence-electron chi connectivity index (χ0n) is 40.5. The summed E-state index contributed by atoms with van der Waals surface area (Å²) >= 11 is 0. The molecule has 8 nitrogen and oxygen atoms in total. The second-order valence-corrected chi connectivity index (χ2v) is 19.2. The summed E-state index contributed by atoms with van der Waals surface area (Å²) in [5, 5.41) is 13.7. The SMILES string of the molecule is CC/C=C\C/C=C\C/C=C\C/C=C\C/C=C\C/C=C\CCCCCCCCCCCCCCCCC(=O)NC(COP(=O)([O-])OCC[N+](C)(C)C)C(O)/C=C/CCCCCCC. The highest BCUT2D eigenvalue weighted by atomic mass is 31.2. The number of likely N-dealkylation sites (N-methyl/N-ethyl adjacent to an activating group) is 1. The van der Waals surface area contributed by atoms with E-state index in [4.69, 9.17) is 9.05 Å². The number of hydrogen-bond acceptors (Lipinski definition) is 6. The lowest BCUT2D eigenvalue weighted by atomic mass is 10.0. The summed E-state index contributed by atoms with van der Waals surface area (Å²) in [5.41, 5.74) is 0. The molecule has 0 rings (SSSR count). The van der Waals surface area contributed by atoms with Crippen molar-refractivity contribution in [2.45, 2.75) is 206 Å². The number of aliphatic hydroxyl groups excluding tert-OH is 1. The van der Waals surface area contributed by atoms with Crippen LogP contribution in [0.3, 0.4) is 0 Å². The van der Waals surface area contributed by atoms with Gasteiger partial charge in [-0.1, -0.05) is 202 Å². The summed E-state index contributed by atoms with van der Waals surface area (Å²) in [6.45, 7) is 4.45. The van der Waals surface area contributed by atoms with Crippen LogP contribution in [0.4, 0.5) is 0 Å². The molecule has 62 heavy (non-hydrogen) atoms. The minimum atomic E-state index is -4.58. The number of hydrogen-bond donors (Lipinski definition) is 2. The highest BCUT2D eigenvalue weighted by molar-refractivity contribution is 7.45. The highest BCUT2D eigenvalue weighted by Crippen LogP contribution is 2.38. The minimum absolute atomic E-state index is 0.00444. The lowest BCUT2D eigenvalue weighted by Gasteiger charge is -2.29. The number of allylic oxidation sites excluding steroid dienone is 13. The maximum Gasteiger partial charge on any atom is 0.268 e. The van der Waals surface area contributed by atoms with Gasteiger partial charge in [0.25, 0.3) is 7.82 Å². The predicted molar refractivity (Wildman–Crippen MR) is 265 cm³/mol. The van der Waals surface area contributed by atoms with Crippen LogP contribution in [-0.2, 0) is 18.4 Å². The number of unbranched alkanes of at least 4 members (excludes halogenated alkanes) is 19. The van der Waals surface area contributed by atoms with Crippen LogP contribution in [-0.4, -0.2) is 68.5 Å².